The van der Waals surface area contributed by atoms with E-state index in [4.69, 9.17) is 15.3 Å². The van der Waals surface area contributed by atoms with Crippen molar-refractivity contribution in [2.75, 3.05) is 12.3 Å². The van der Waals surface area contributed by atoms with Crippen molar-refractivity contribution in [3.8, 4) is 11.3 Å². The topological polar surface area (TPSA) is 59.4 Å². The molecule has 16 heavy (non-hydrogen) atoms. The molecule has 0 radical (unpaired) electrons. The highest BCUT2D eigenvalue weighted by molar-refractivity contribution is 5.75. The maximum Gasteiger partial charge on any atom is 0.136 e. The first-order chi connectivity index (χ1) is 7.72. The monoisotopic (exact) mass is 217 g/mol. The van der Waals surface area contributed by atoms with E-state index in [1.54, 1.807) is 6.26 Å². The highest BCUT2D eigenvalue weighted by Gasteiger charge is 2.09. The van der Waals surface area contributed by atoms with E-state index < -0.39 is 0 Å². The van der Waals surface area contributed by atoms with Crippen molar-refractivity contribution in [3.63, 3.8) is 0 Å². The second-order valence-electron chi connectivity index (χ2n) is 3.84. The average molecular weight is 217 g/mol. The first kappa shape index (κ1) is 10.8. The number of nitrogens with two attached hydrogens (primary N) is 1. The third kappa shape index (κ3) is 1.95. The summed E-state index contributed by atoms with van der Waals surface area (Å²) in [5, 5.41) is 8.93. The van der Waals surface area contributed by atoms with Crippen LogP contribution in [0.2, 0.25) is 0 Å². The smallest absolute Gasteiger partial charge is 0.136 e. The summed E-state index contributed by atoms with van der Waals surface area (Å²) in [7, 11) is 0. The third-order valence-electron chi connectivity index (χ3n) is 2.57. The molecule has 84 valence electrons. The van der Waals surface area contributed by atoms with Crippen LogP contribution in [0.5, 0.6) is 0 Å². The van der Waals surface area contributed by atoms with Crippen molar-refractivity contribution < 1.29 is 9.52 Å². The van der Waals surface area contributed by atoms with Crippen molar-refractivity contribution in [3.05, 3.63) is 41.7 Å². The van der Waals surface area contributed by atoms with Gasteiger partial charge < -0.3 is 15.3 Å². The zero-order chi connectivity index (χ0) is 11.5. The van der Waals surface area contributed by atoms with Gasteiger partial charge in [-0.3, -0.25) is 0 Å². The van der Waals surface area contributed by atoms with Gasteiger partial charge in [0.25, 0.3) is 0 Å². The molecule has 1 aromatic heterocycles. The van der Waals surface area contributed by atoms with E-state index in [0.29, 0.717) is 12.1 Å². The fourth-order valence-electron chi connectivity index (χ4n) is 1.74. The molecule has 1 aromatic carbocycles. The zero-order valence-corrected chi connectivity index (χ0v) is 9.23. The predicted molar refractivity (Wildman–Crippen MR) is 64.1 cm³/mol. The number of furan rings is 1. The lowest BCUT2D eigenvalue weighted by molar-refractivity contribution is 0.300. The van der Waals surface area contributed by atoms with E-state index in [1.165, 1.54) is 0 Å². The van der Waals surface area contributed by atoms with E-state index >= 15 is 0 Å². The Morgan fingerprint density at radius 2 is 2.19 bits per heavy atom. The Morgan fingerprint density at radius 1 is 1.38 bits per heavy atom. The predicted octanol–water partition coefficient (Wildman–Crippen LogP) is 2.37. The second kappa shape index (κ2) is 4.41. The fraction of sp³-hybridized carbons (Fsp3) is 0.231. The Bertz CT molecular complexity index is 488. The van der Waals surface area contributed by atoms with E-state index in [-0.39, 0.29) is 6.61 Å². The van der Waals surface area contributed by atoms with Crippen LogP contribution in [-0.4, -0.2) is 11.7 Å². The summed E-state index contributed by atoms with van der Waals surface area (Å²) in [6.07, 6.45) is 2.27. The van der Waals surface area contributed by atoms with Crippen LogP contribution in [0.3, 0.4) is 0 Å². The normalized spacial score (nSPS) is 10.6. The summed E-state index contributed by atoms with van der Waals surface area (Å²) >= 11 is 0. The molecule has 0 aliphatic heterocycles. The van der Waals surface area contributed by atoms with Crippen LogP contribution in [0, 0.1) is 6.92 Å². The molecule has 1 heterocycles. The van der Waals surface area contributed by atoms with Crippen molar-refractivity contribution in [1.29, 1.82) is 0 Å². The van der Waals surface area contributed by atoms with Gasteiger partial charge in [-0.15, -0.1) is 0 Å². The molecule has 0 unspecified atom stereocenters. The lowest BCUT2D eigenvalue weighted by Gasteiger charge is -2.07. The standard InChI is InChI=1S/C13H15NO2/c1-9-7-12(16-8-9)11-4-2-3-10(5-6-15)13(11)14/h2-4,7-8,15H,5-6,14H2,1H3. The minimum Gasteiger partial charge on any atom is -0.464 e. The molecule has 0 atom stereocenters. The molecule has 0 spiro atoms. The van der Waals surface area contributed by atoms with E-state index in [0.717, 1.165) is 22.5 Å². The Labute approximate surface area is 94.5 Å². The van der Waals surface area contributed by atoms with Crippen molar-refractivity contribution in [2.24, 2.45) is 0 Å². The number of hydrogen-bond acceptors (Lipinski definition) is 3. The maximum absolute atomic E-state index is 8.93. The lowest BCUT2D eigenvalue weighted by Crippen LogP contribution is -1.99. The first-order valence-electron chi connectivity index (χ1n) is 5.26. The number of nitrogen functional groups attached to an aromatic ring is 1. The molecule has 0 saturated heterocycles. The number of hydrogen-bond donors (Lipinski definition) is 2. The molecular weight excluding hydrogens is 202 g/mol. The minimum atomic E-state index is 0.102. The Kier molecular flexibility index (Phi) is 2.97. The second-order valence-corrected chi connectivity index (χ2v) is 3.84. The summed E-state index contributed by atoms with van der Waals surface area (Å²) in [6.45, 7) is 2.08. The van der Waals surface area contributed by atoms with Gasteiger partial charge in [-0.05, 0) is 36.6 Å². The molecule has 0 aliphatic carbocycles. The number of para-hydroxylation sites is 1. The van der Waals surface area contributed by atoms with Gasteiger partial charge in [0.2, 0.25) is 0 Å². The number of benzene rings is 1. The van der Waals surface area contributed by atoms with Gasteiger partial charge in [0, 0.05) is 17.9 Å². The number of aliphatic hydroxyl groups is 1. The largest absolute Gasteiger partial charge is 0.464 e. The number of aryl methyl sites for hydroxylation is 1. The summed E-state index contributed by atoms with van der Waals surface area (Å²) < 4.78 is 5.42. The summed E-state index contributed by atoms with van der Waals surface area (Å²) in [5.41, 5.74) is 9.64. The molecule has 0 saturated carbocycles. The molecular formula is C13H15NO2. The van der Waals surface area contributed by atoms with Gasteiger partial charge in [-0.25, -0.2) is 0 Å². The SMILES string of the molecule is Cc1coc(-c2cccc(CCO)c2N)c1. The lowest BCUT2D eigenvalue weighted by atomic mass is 10.0. The van der Waals surface area contributed by atoms with Crippen LogP contribution < -0.4 is 5.73 Å². The quantitative estimate of drug-likeness (QED) is 0.776. The molecule has 3 N–H and O–H groups in total. The zero-order valence-electron chi connectivity index (χ0n) is 9.23. The van der Waals surface area contributed by atoms with Gasteiger partial charge in [0.1, 0.15) is 5.76 Å². The van der Waals surface area contributed by atoms with Gasteiger partial charge in [0.05, 0.1) is 6.26 Å². The Hall–Kier alpha value is -1.74. The molecule has 0 bridgehead atoms. The van der Waals surface area contributed by atoms with Crippen LogP contribution in [-0.2, 0) is 6.42 Å². The Morgan fingerprint density at radius 3 is 2.81 bits per heavy atom. The number of anilines is 1. The van der Waals surface area contributed by atoms with Gasteiger partial charge >= 0.3 is 0 Å². The van der Waals surface area contributed by atoms with E-state index in [9.17, 15) is 0 Å². The van der Waals surface area contributed by atoms with Crippen LogP contribution >= 0.6 is 0 Å². The molecule has 3 heteroatoms. The molecule has 0 aliphatic rings. The van der Waals surface area contributed by atoms with Crippen molar-refractivity contribution in [2.45, 2.75) is 13.3 Å². The number of rotatable bonds is 3. The number of aliphatic hydroxyl groups excluding tert-OH is 1. The van der Waals surface area contributed by atoms with Crippen molar-refractivity contribution in [1.82, 2.24) is 0 Å². The highest BCUT2D eigenvalue weighted by atomic mass is 16.3. The van der Waals surface area contributed by atoms with Crippen LogP contribution in [0.4, 0.5) is 5.69 Å². The molecule has 0 amide bonds. The Balaban J connectivity index is 2.45. The summed E-state index contributed by atoms with van der Waals surface area (Å²) in [5.74, 6) is 0.773. The van der Waals surface area contributed by atoms with E-state index in [1.807, 2.05) is 31.2 Å². The van der Waals surface area contributed by atoms with Gasteiger partial charge in [-0.2, -0.15) is 0 Å². The first-order valence-corrected chi connectivity index (χ1v) is 5.26. The third-order valence-corrected chi connectivity index (χ3v) is 2.57. The minimum absolute atomic E-state index is 0.102. The molecule has 2 rings (SSSR count). The summed E-state index contributed by atoms with van der Waals surface area (Å²) in [6, 6.07) is 7.72. The molecule has 2 aromatic rings. The van der Waals surface area contributed by atoms with Gasteiger partial charge in [0.15, 0.2) is 0 Å². The summed E-state index contributed by atoms with van der Waals surface area (Å²) in [4.78, 5) is 0. The van der Waals surface area contributed by atoms with Gasteiger partial charge in [-0.1, -0.05) is 12.1 Å². The maximum atomic E-state index is 8.93. The van der Waals surface area contributed by atoms with Crippen LogP contribution in [0.15, 0.2) is 34.9 Å². The average Bonchev–Trinajstić information content (AvgIpc) is 2.68. The molecule has 3 nitrogen and oxygen atoms in total. The van der Waals surface area contributed by atoms with Crippen LogP contribution in [0.1, 0.15) is 11.1 Å². The van der Waals surface area contributed by atoms with Crippen LogP contribution in [0.25, 0.3) is 11.3 Å². The highest BCUT2D eigenvalue weighted by Crippen LogP contribution is 2.30. The van der Waals surface area contributed by atoms with E-state index in [2.05, 4.69) is 0 Å². The fourth-order valence-corrected chi connectivity index (χ4v) is 1.74. The van der Waals surface area contributed by atoms with Crippen molar-refractivity contribution >= 4 is 5.69 Å². The molecule has 0 fully saturated rings.